The van der Waals surface area contributed by atoms with Crippen molar-refractivity contribution in [3.8, 4) is 0 Å². The minimum atomic E-state index is -1.19. The monoisotopic (exact) mass is 367 g/mol. The zero-order valence-electron chi connectivity index (χ0n) is 15.2. The molecule has 0 radical (unpaired) electrons. The molecule has 1 aliphatic rings. The third-order valence-corrected chi connectivity index (χ3v) is 4.63. The predicted molar refractivity (Wildman–Crippen MR) is 98.4 cm³/mol. The number of hydrazine groups is 1. The van der Waals surface area contributed by atoms with Crippen LogP contribution in [0.3, 0.4) is 0 Å². The van der Waals surface area contributed by atoms with Crippen molar-refractivity contribution in [2.45, 2.75) is 25.5 Å². The van der Waals surface area contributed by atoms with Crippen LogP contribution in [0.4, 0.5) is 4.79 Å². The van der Waals surface area contributed by atoms with Gasteiger partial charge in [-0.15, -0.1) is 0 Å². The predicted octanol–water partition coefficient (Wildman–Crippen LogP) is 2.34. The molecule has 0 spiro atoms. The maximum Gasteiger partial charge on any atom is 0.344 e. The molecule has 0 bridgehead atoms. The molecule has 0 unspecified atom stereocenters. The molecule has 140 valence electrons. The zero-order valence-corrected chi connectivity index (χ0v) is 15.2. The van der Waals surface area contributed by atoms with Crippen LogP contribution in [0.15, 0.2) is 54.6 Å². The lowest BCUT2D eigenvalue weighted by molar-refractivity contribution is -0.133. The molecule has 1 atom stereocenters. The smallest absolute Gasteiger partial charge is 0.344 e. The number of nitrogens with zero attached hydrogens (tertiary/aromatic N) is 1. The van der Waals surface area contributed by atoms with E-state index in [1.165, 1.54) is 0 Å². The fourth-order valence-electron chi connectivity index (χ4n) is 3.12. The van der Waals surface area contributed by atoms with Crippen LogP contribution in [0.1, 0.15) is 34.8 Å². The Bertz CT molecular complexity index is 851. The van der Waals surface area contributed by atoms with E-state index < -0.39 is 23.4 Å². The van der Waals surface area contributed by atoms with E-state index in [1.807, 2.05) is 13.0 Å². The second kappa shape index (κ2) is 7.59. The van der Waals surface area contributed by atoms with Crippen LogP contribution in [0, 0.1) is 0 Å². The maximum absolute atomic E-state index is 13.0. The van der Waals surface area contributed by atoms with E-state index in [0.717, 1.165) is 10.6 Å². The SMILES string of the molecule is CC[C@]1(c2ccccc2)NC(=O)N(NC(=O)c2ccc(COC)cc2)C1=O. The van der Waals surface area contributed by atoms with Crippen molar-refractivity contribution in [2.24, 2.45) is 0 Å². The van der Waals surface area contributed by atoms with Gasteiger partial charge in [0.05, 0.1) is 6.61 Å². The maximum atomic E-state index is 13.0. The average Bonchev–Trinajstić information content (AvgIpc) is 2.94. The molecule has 0 aliphatic carbocycles. The topological polar surface area (TPSA) is 87.7 Å². The molecule has 1 saturated heterocycles. The van der Waals surface area contributed by atoms with Gasteiger partial charge in [0.1, 0.15) is 5.54 Å². The molecular formula is C20H21N3O4. The summed E-state index contributed by atoms with van der Waals surface area (Å²) in [6.45, 7) is 2.25. The number of hydrogen-bond donors (Lipinski definition) is 2. The van der Waals surface area contributed by atoms with Crippen molar-refractivity contribution in [1.29, 1.82) is 0 Å². The molecule has 0 saturated carbocycles. The second-order valence-electron chi connectivity index (χ2n) is 6.27. The Labute approximate surface area is 157 Å². The zero-order chi connectivity index (χ0) is 19.4. The van der Waals surface area contributed by atoms with Gasteiger partial charge in [0.2, 0.25) is 0 Å². The van der Waals surface area contributed by atoms with Crippen LogP contribution in [0.5, 0.6) is 0 Å². The number of urea groups is 1. The Hall–Kier alpha value is -3.19. The van der Waals surface area contributed by atoms with E-state index >= 15 is 0 Å². The van der Waals surface area contributed by atoms with Gasteiger partial charge in [-0.2, -0.15) is 5.01 Å². The molecule has 27 heavy (non-hydrogen) atoms. The molecule has 7 heteroatoms. The third-order valence-electron chi connectivity index (χ3n) is 4.63. The van der Waals surface area contributed by atoms with Crippen LogP contribution in [-0.2, 0) is 21.7 Å². The van der Waals surface area contributed by atoms with Crippen molar-refractivity contribution in [2.75, 3.05) is 7.11 Å². The van der Waals surface area contributed by atoms with Crippen molar-refractivity contribution in [1.82, 2.24) is 15.8 Å². The minimum Gasteiger partial charge on any atom is -0.380 e. The van der Waals surface area contributed by atoms with Gasteiger partial charge in [-0.05, 0) is 29.7 Å². The van der Waals surface area contributed by atoms with E-state index in [0.29, 0.717) is 24.2 Å². The molecule has 7 nitrogen and oxygen atoms in total. The van der Waals surface area contributed by atoms with E-state index in [-0.39, 0.29) is 0 Å². The molecule has 1 heterocycles. The largest absolute Gasteiger partial charge is 0.380 e. The lowest BCUT2D eigenvalue weighted by Gasteiger charge is -2.25. The summed E-state index contributed by atoms with van der Waals surface area (Å²) in [5.74, 6) is -1.05. The highest BCUT2D eigenvalue weighted by molar-refractivity contribution is 6.09. The summed E-state index contributed by atoms with van der Waals surface area (Å²) >= 11 is 0. The quantitative estimate of drug-likeness (QED) is 0.767. The highest BCUT2D eigenvalue weighted by atomic mass is 16.5. The van der Waals surface area contributed by atoms with E-state index in [2.05, 4.69) is 10.7 Å². The summed E-state index contributed by atoms with van der Waals surface area (Å²) in [4.78, 5) is 37.9. The molecule has 1 aliphatic heterocycles. The van der Waals surface area contributed by atoms with Gasteiger partial charge in [-0.1, -0.05) is 49.4 Å². The Kier molecular flexibility index (Phi) is 5.23. The molecular weight excluding hydrogens is 346 g/mol. The first-order valence-corrected chi connectivity index (χ1v) is 8.63. The van der Waals surface area contributed by atoms with Crippen LogP contribution >= 0.6 is 0 Å². The number of ether oxygens (including phenoxy) is 1. The lowest BCUT2D eigenvalue weighted by Crippen LogP contribution is -2.48. The van der Waals surface area contributed by atoms with Crippen molar-refractivity contribution in [3.05, 3.63) is 71.3 Å². The molecule has 4 amide bonds. The average molecular weight is 367 g/mol. The van der Waals surface area contributed by atoms with Crippen molar-refractivity contribution >= 4 is 17.8 Å². The number of carbonyl (C=O) groups is 3. The summed E-state index contributed by atoms with van der Waals surface area (Å²) < 4.78 is 5.03. The van der Waals surface area contributed by atoms with Gasteiger partial charge in [-0.25, -0.2) is 4.79 Å². The highest BCUT2D eigenvalue weighted by Gasteiger charge is 2.52. The van der Waals surface area contributed by atoms with Gasteiger partial charge < -0.3 is 10.1 Å². The Balaban J connectivity index is 1.80. The number of benzene rings is 2. The van der Waals surface area contributed by atoms with Gasteiger partial charge >= 0.3 is 6.03 Å². The summed E-state index contributed by atoms with van der Waals surface area (Å²) in [5.41, 5.74) is 3.14. The molecule has 2 aromatic carbocycles. The summed E-state index contributed by atoms with van der Waals surface area (Å²) in [5, 5.41) is 3.47. The van der Waals surface area contributed by atoms with Gasteiger partial charge in [0.25, 0.3) is 11.8 Å². The summed E-state index contributed by atoms with van der Waals surface area (Å²) in [6, 6.07) is 15.1. The number of rotatable bonds is 6. The summed E-state index contributed by atoms with van der Waals surface area (Å²) in [7, 11) is 1.59. The van der Waals surface area contributed by atoms with E-state index in [4.69, 9.17) is 4.74 Å². The standard InChI is InChI=1S/C20H21N3O4/c1-3-20(16-7-5-4-6-8-16)18(25)23(19(26)21-20)22-17(24)15-11-9-14(10-12-15)13-27-2/h4-12H,3,13H2,1-2H3,(H,21,26)(H,22,24)/t20-/m1/s1. The number of methoxy groups -OCH3 is 1. The van der Waals surface area contributed by atoms with Gasteiger partial charge in [0, 0.05) is 12.7 Å². The lowest BCUT2D eigenvalue weighted by atomic mass is 9.87. The minimum absolute atomic E-state index is 0.337. The second-order valence-corrected chi connectivity index (χ2v) is 6.27. The molecule has 0 aromatic heterocycles. The fourth-order valence-corrected chi connectivity index (χ4v) is 3.12. The molecule has 2 aromatic rings. The molecule has 3 rings (SSSR count). The van der Waals surface area contributed by atoms with Crippen LogP contribution < -0.4 is 10.7 Å². The van der Waals surface area contributed by atoms with E-state index in [9.17, 15) is 14.4 Å². The van der Waals surface area contributed by atoms with Crippen molar-refractivity contribution < 1.29 is 19.1 Å². The molecule has 1 fully saturated rings. The number of imide groups is 1. The first-order valence-electron chi connectivity index (χ1n) is 8.63. The fraction of sp³-hybridized carbons (Fsp3) is 0.250. The number of carbonyl (C=O) groups excluding carboxylic acids is 3. The Morgan fingerprint density at radius 2 is 1.78 bits per heavy atom. The van der Waals surface area contributed by atoms with Gasteiger partial charge in [0.15, 0.2) is 0 Å². The van der Waals surface area contributed by atoms with Crippen LogP contribution in [0.2, 0.25) is 0 Å². The first kappa shape index (κ1) is 18.6. The number of amides is 4. The first-order chi connectivity index (χ1) is 13.0. The Morgan fingerprint density at radius 1 is 1.11 bits per heavy atom. The normalized spacial score (nSPS) is 19.1. The Morgan fingerprint density at radius 3 is 2.37 bits per heavy atom. The number of nitrogens with one attached hydrogen (secondary N) is 2. The van der Waals surface area contributed by atoms with Gasteiger partial charge in [-0.3, -0.25) is 15.0 Å². The number of hydrogen-bond acceptors (Lipinski definition) is 4. The van der Waals surface area contributed by atoms with E-state index in [1.54, 1.807) is 55.6 Å². The van der Waals surface area contributed by atoms with Crippen LogP contribution in [0.25, 0.3) is 0 Å². The molecule has 2 N–H and O–H groups in total. The van der Waals surface area contributed by atoms with Crippen molar-refractivity contribution in [3.63, 3.8) is 0 Å². The summed E-state index contributed by atoms with van der Waals surface area (Å²) in [6.07, 6.45) is 0.361. The third kappa shape index (κ3) is 3.41. The van der Waals surface area contributed by atoms with Crippen LogP contribution in [-0.4, -0.2) is 30.0 Å². The highest BCUT2D eigenvalue weighted by Crippen LogP contribution is 2.31.